The molecule has 0 aliphatic carbocycles. The number of hydrogen-bond donors (Lipinski definition) is 1. The first-order valence-corrected chi connectivity index (χ1v) is 9.41. The second-order valence-electron chi connectivity index (χ2n) is 7.57. The average molecular weight is 358 g/mol. The third-order valence-corrected chi connectivity index (χ3v) is 6.12. The van der Waals surface area contributed by atoms with E-state index in [9.17, 15) is 9.59 Å². The molecule has 0 saturated carbocycles. The minimum absolute atomic E-state index is 0.0534. The normalized spacial score (nSPS) is 31.9. The monoisotopic (exact) mass is 358 g/mol. The van der Waals surface area contributed by atoms with Crippen LogP contribution < -0.4 is 0 Å². The van der Waals surface area contributed by atoms with Crippen molar-refractivity contribution in [3.63, 3.8) is 0 Å². The van der Waals surface area contributed by atoms with Crippen LogP contribution in [0.1, 0.15) is 32.5 Å². The predicted molar refractivity (Wildman–Crippen MR) is 94.9 cm³/mol. The van der Waals surface area contributed by atoms with Crippen LogP contribution in [0.5, 0.6) is 0 Å². The van der Waals surface area contributed by atoms with Gasteiger partial charge in [0.2, 0.25) is 11.8 Å². The predicted octanol–water partition coefficient (Wildman–Crippen LogP) is 1.34. The fourth-order valence-corrected chi connectivity index (χ4v) is 4.79. The Labute approximate surface area is 153 Å². The number of carbonyl (C=O) groups is 2. The average Bonchev–Trinajstić information content (AvgIpc) is 3.38. The quantitative estimate of drug-likeness (QED) is 0.779. The number of aromatic amines is 1. The molecule has 26 heavy (non-hydrogen) atoms. The first kappa shape index (κ1) is 17.3. The van der Waals surface area contributed by atoms with Crippen molar-refractivity contribution in [3.05, 3.63) is 30.4 Å². The van der Waals surface area contributed by atoms with Crippen LogP contribution in [0, 0.1) is 11.8 Å². The second-order valence-corrected chi connectivity index (χ2v) is 7.57. The number of amides is 2. The van der Waals surface area contributed by atoms with E-state index in [0.29, 0.717) is 13.1 Å². The molecular formula is C19H26N4O3. The number of ether oxygens (including phenoxy) is 1. The van der Waals surface area contributed by atoms with E-state index in [1.807, 2.05) is 17.1 Å². The summed E-state index contributed by atoms with van der Waals surface area (Å²) >= 11 is 0. The molecule has 2 fully saturated rings. The van der Waals surface area contributed by atoms with Crippen LogP contribution in [-0.4, -0.2) is 62.9 Å². The smallest absolute Gasteiger partial charge is 0.230 e. The number of nitrogens with zero attached hydrogens (tertiary/aromatic N) is 3. The lowest BCUT2D eigenvalue weighted by atomic mass is 9.76. The Hall–Kier alpha value is -2.15. The Balaban J connectivity index is 1.57. The van der Waals surface area contributed by atoms with E-state index < -0.39 is 17.4 Å². The maximum absolute atomic E-state index is 13.2. The van der Waals surface area contributed by atoms with Gasteiger partial charge in [0.25, 0.3) is 0 Å². The Morgan fingerprint density at radius 2 is 2.27 bits per heavy atom. The Kier molecular flexibility index (Phi) is 4.14. The number of rotatable bonds is 6. The van der Waals surface area contributed by atoms with Crippen molar-refractivity contribution in [1.82, 2.24) is 19.8 Å². The van der Waals surface area contributed by atoms with Crippen molar-refractivity contribution < 1.29 is 14.3 Å². The molecule has 1 aromatic rings. The zero-order chi connectivity index (χ0) is 18.5. The number of likely N-dealkylation sites (tertiary alicyclic amines) is 1. The van der Waals surface area contributed by atoms with Crippen LogP contribution in [0.15, 0.2) is 24.5 Å². The summed E-state index contributed by atoms with van der Waals surface area (Å²) in [5, 5.41) is 0. The summed E-state index contributed by atoms with van der Waals surface area (Å²) in [5.74, 6) is -0.124. The number of hydrogen-bond acceptors (Lipinski definition) is 4. The van der Waals surface area contributed by atoms with Gasteiger partial charge in [0, 0.05) is 25.5 Å². The van der Waals surface area contributed by atoms with Crippen molar-refractivity contribution in [2.24, 2.45) is 11.8 Å². The number of fused-ring (bicyclic) bond motifs is 1. The van der Waals surface area contributed by atoms with Crippen molar-refractivity contribution >= 4 is 11.8 Å². The minimum atomic E-state index is -0.629. The summed E-state index contributed by atoms with van der Waals surface area (Å²) < 4.78 is 6.20. The number of H-pyrrole nitrogens is 1. The summed E-state index contributed by atoms with van der Waals surface area (Å²) in [6, 6.07) is 0.204. The van der Waals surface area contributed by atoms with Crippen LogP contribution in [-0.2, 0) is 20.9 Å². The van der Waals surface area contributed by atoms with E-state index in [1.54, 1.807) is 24.3 Å². The Bertz CT molecular complexity index is 727. The molecule has 1 N–H and O–H groups in total. The largest absolute Gasteiger partial charge is 0.360 e. The van der Waals surface area contributed by atoms with Gasteiger partial charge in [-0.1, -0.05) is 26.0 Å². The maximum Gasteiger partial charge on any atom is 0.230 e. The molecule has 3 aliphatic heterocycles. The molecule has 1 spiro atoms. The van der Waals surface area contributed by atoms with Crippen molar-refractivity contribution in [2.45, 2.75) is 51.0 Å². The lowest BCUT2D eigenvalue weighted by Gasteiger charge is -2.29. The van der Waals surface area contributed by atoms with E-state index in [0.717, 1.165) is 18.7 Å². The Morgan fingerprint density at radius 3 is 2.92 bits per heavy atom. The standard InChI is InChI=1S/C19H26N4O3/c1-4-12(5-2)23-11-19-7-6-13(26-19)15(16(19)18(23)25)17(24)22(3)10-14-20-8-9-21-14/h6-9,12-13,15-16H,4-5,10-11H2,1-3H3,(H,20,21)/t13-,15-,16+,19-/m0/s1. The molecule has 2 bridgehead atoms. The highest BCUT2D eigenvalue weighted by Gasteiger charge is 2.67. The molecule has 7 heteroatoms. The summed E-state index contributed by atoms with van der Waals surface area (Å²) in [7, 11) is 1.76. The van der Waals surface area contributed by atoms with Crippen LogP contribution in [0.25, 0.3) is 0 Å². The molecule has 7 nitrogen and oxygen atoms in total. The summed E-state index contributed by atoms with van der Waals surface area (Å²) in [6.45, 7) is 5.15. The summed E-state index contributed by atoms with van der Waals surface area (Å²) in [5.41, 5.74) is -0.629. The van der Waals surface area contributed by atoms with Gasteiger partial charge in [0.15, 0.2) is 0 Å². The minimum Gasteiger partial charge on any atom is -0.360 e. The first-order chi connectivity index (χ1) is 12.5. The lowest BCUT2D eigenvalue weighted by Crippen LogP contribution is -2.45. The van der Waals surface area contributed by atoms with Gasteiger partial charge in [0.1, 0.15) is 11.4 Å². The SMILES string of the molecule is CCC(CC)N1C[C@]23C=C[C@H](O2)[C@H](C(=O)N(C)Cc2ncc[nH]2)[C@@H]3C1=O. The molecule has 0 aromatic carbocycles. The molecule has 1 aromatic heterocycles. The zero-order valence-corrected chi connectivity index (χ0v) is 15.5. The fourth-order valence-electron chi connectivity index (χ4n) is 4.79. The summed E-state index contributed by atoms with van der Waals surface area (Å²) in [6.07, 6.45) is 8.90. The summed E-state index contributed by atoms with van der Waals surface area (Å²) in [4.78, 5) is 37.1. The third-order valence-electron chi connectivity index (χ3n) is 6.12. The van der Waals surface area contributed by atoms with Gasteiger partial charge in [-0.3, -0.25) is 9.59 Å². The topological polar surface area (TPSA) is 78.5 Å². The molecule has 0 radical (unpaired) electrons. The van der Waals surface area contributed by atoms with Crippen LogP contribution in [0.3, 0.4) is 0 Å². The highest BCUT2D eigenvalue weighted by Crippen LogP contribution is 2.52. The molecule has 4 heterocycles. The number of nitrogens with one attached hydrogen (secondary N) is 1. The van der Waals surface area contributed by atoms with Gasteiger partial charge >= 0.3 is 0 Å². The molecule has 2 amide bonds. The number of carbonyl (C=O) groups excluding carboxylic acids is 2. The van der Waals surface area contributed by atoms with E-state index >= 15 is 0 Å². The van der Waals surface area contributed by atoms with E-state index in [1.165, 1.54) is 0 Å². The molecule has 4 rings (SSSR count). The van der Waals surface area contributed by atoms with Crippen LogP contribution in [0.2, 0.25) is 0 Å². The second kappa shape index (κ2) is 6.23. The molecule has 140 valence electrons. The molecular weight excluding hydrogens is 332 g/mol. The van der Waals surface area contributed by atoms with Crippen molar-refractivity contribution in [1.29, 1.82) is 0 Å². The zero-order valence-electron chi connectivity index (χ0n) is 15.5. The highest BCUT2D eigenvalue weighted by molar-refractivity contribution is 5.93. The van der Waals surface area contributed by atoms with E-state index in [-0.39, 0.29) is 24.0 Å². The first-order valence-electron chi connectivity index (χ1n) is 9.41. The lowest BCUT2D eigenvalue weighted by molar-refractivity contribution is -0.143. The maximum atomic E-state index is 13.2. The molecule has 4 atom stereocenters. The van der Waals surface area contributed by atoms with Crippen LogP contribution >= 0.6 is 0 Å². The van der Waals surface area contributed by atoms with Gasteiger partial charge in [-0.15, -0.1) is 0 Å². The van der Waals surface area contributed by atoms with Gasteiger partial charge in [0.05, 0.1) is 31.0 Å². The Morgan fingerprint density at radius 1 is 1.50 bits per heavy atom. The highest BCUT2D eigenvalue weighted by atomic mass is 16.5. The number of aromatic nitrogens is 2. The third kappa shape index (κ3) is 2.40. The van der Waals surface area contributed by atoms with E-state index in [4.69, 9.17) is 4.74 Å². The van der Waals surface area contributed by atoms with Crippen molar-refractivity contribution in [3.8, 4) is 0 Å². The molecule has 2 saturated heterocycles. The van der Waals surface area contributed by atoms with E-state index in [2.05, 4.69) is 23.8 Å². The number of imidazole rings is 1. The van der Waals surface area contributed by atoms with Gasteiger partial charge in [-0.25, -0.2) is 4.98 Å². The van der Waals surface area contributed by atoms with Gasteiger partial charge < -0.3 is 19.5 Å². The van der Waals surface area contributed by atoms with Crippen LogP contribution in [0.4, 0.5) is 0 Å². The molecule has 0 unspecified atom stereocenters. The molecule has 3 aliphatic rings. The van der Waals surface area contributed by atoms with Crippen molar-refractivity contribution in [2.75, 3.05) is 13.6 Å². The van der Waals surface area contributed by atoms with Gasteiger partial charge in [-0.05, 0) is 12.8 Å². The fraction of sp³-hybridized carbons (Fsp3) is 0.632. The van der Waals surface area contributed by atoms with Gasteiger partial charge in [-0.2, -0.15) is 0 Å².